The Bertz CT molecular complexity index is 304. The van der Waals surface area contributed by atoms with E-state index >= 15 is 0 Å². The molecule has 3 unspecified atom stereocenters. The highest BCUT2D eigenvalue weighted by molar-refractivity contribution is 8.00. The van der Waals surface area contributed by atoms with Crippen molar-refractivity contribution >= 4 is 17.9 Å². The Kier molecular flexibility index (Phi) is 4.43. The predicted octanol–water partition coefficient (Wildman–Crippen LogP) is 2.14. The fraction of sp³-hybridized carbons (Fsp3) is 0.923. The number of hydrogen-bond donors (Lipinski definition) is 2. The minimum atomic E-state index is -0.416. The van der Waals surface area contributed by atoms with Gasteiger partial charge in [0.2, 0.25) is 0 Å². The molecular weight excluding hydrogens is 248 g/mol. The summed E-state index contributed by atoms with van der Waals surface area (Å²) < 4.78 is 5.30. The first-order valence-electron chi connectivity index (χ1n) is 6.78. The van der Waals surface area contributed by atoms with Crippen molar-refractivity contribution in [3.8, 4) is 0 Å². The second-order valence-electron chi connectivity index (χ2n) is 6.13. The number of thioether (sulfide) groups is 1. The number of fused-ring (bicyclic) bond motifs is 1. The van der Waals surface area contributed by atoms with Crippen molar-refractivity contribution in [2.24, 2.45) is 0 Å². The summed E-state index contributed by atoms with van der Waals surface area (Å²) in [5, 5.41) is 7.29. The van der Waals surface area contributed by atoms with Crippen LogP contribution in [0.25, 0.3) is 0 Å². The second kappa shape index (κ2) is 5.70. The maximum Gasteiger partial charge on any atom is 0.407 e. The highest BCUT2D eigenvalue weighted by Crippen LogP contribution is 2.31. The first-order valence-corrected chi connectivity index (χ1v) is 7.83. The first kappa shape index (κ1) is 14.0. The molecule has 3 atom stereocenters. The molecule has 1 amide bonds. The summed E-state index contributed by atoms with van der Waals surface area (Å²) in [4.78, 5) is 11.7. The second-order valence-corrected chi connectivity index (χ2v) is 7.47. The molecule has 1 heterocycles. The zero-order valence-corrected chi connectivity index (χ0v) is 12.3. The van der Waals surface area contributed by atoms with Gasteiger partial charge in [0.15, 0.2) is 0 Å². The summed E-state index contributed by atoms with van der Waals surface area (Å²) in [6, 6.07) is 0.810. The van der Waals surface area contributed by atoms with Crippen LogP contribution in [0.4, 0.5) is 4.79 Å². The van der Waals surface area contributed by atoms with Crippen LogP contribution in [0.2, 0.25) is 0 Å². The van der Waals surface area contributed by atoms with E-state index in [1.807, 2.05) is 20.8 Å². The molecular formula is C13H24N2O2S. The van der Waals surface area contributed by atoms with Gasteiger partial charge in [0.05, 0.1) is 0 Å². The molecule has 104 valence electrons. The van der Waals surface area contributed by atoms with Crippen LogP contribution < -0.4 is 10.6 Å². The Morgan fingerprint density at radius 2 is 2.17 bits per heavy atom. The maximum absolute atomic E-state index is 11.7. The highest BCUT2D eigenvalue weighted by Gasteiger charge is 2.33. The smallest absolute Gasteiger partial charge is 0.407 e. The Morgan fingerprint density at radius 3 is 2.89 bits per heavy atom. The van der Waals surface area contributed by atoms with Crippen LogP contribution in [0, 0.1) is 0 Å². The van der Waals surface area contributed by atoms with Gasteiger partial charge in [0.25, 0.3) is 0 Å². The van der Waals surface area contributed by atoms with Crippen molar-refractivity contribution in [3.63, 3.8) is 0 Å². The third-order valence-corrected chi connectivity index (χ3v) is 4.78. The molecule has 4 nitrogen and oxygen atoms in total. The van der Waals surface area contributed by atoms with Crippen molar-refractivity contribution in [1.82, 2.24) is 10.6 Å². The van der Waals surface area contributed by atoms with E-state index in [2.05, 4.69) is 22.4 Å². The molecule has 2 N–H and O–H groups in total. The summed E-state index contributed by atoms with van der Waals surface area (Å²) in [6.45, 7) is 6.76. The first-order chi connectivity index (χ1) is 8.44. The molecule has 1 aliphatic carbocycles. The largest absolute Gasteiger partial charge is 0.444 e. The zero-order chi connectivity index (χ0) is 13.2. The number of alkyl carbamates (subject to hydrolysis) is 1. The molecule has 0 radical (unpaired) electrons. The van der Waals surface area contributed by atoms with Crippen LogP contribution in [-0.2, 0) is 4.74 Å². The average Bonchev–Trinajstić information content (AvgIpc) is 2.26. The third kappa shape index (κ3) is 4.05. The molecule has 0 aromatic carbocycles. The van der Waals surface area contributed by atoms with E-state index in [4.69, 9.17) is 4.74 Å². The lowest BCUT2D eigenvalue weighted by molar-refractivity contribution is 0.0489. The number of nitrogens with one attached hydrogen (secondary N) is 2. The van der Waals surface area contributed by atoms with Crippen LogP contribution in [-0.4, -0.2) is 41.3 Å². The predicted molar refractivity (Wildman–Crippen MR) is 75.0 cm³/mol. The Balaban J connectivity index is 1.79. The highest BCUT2D eigenvalue weighted by atomic mass is 32.2. The fourth-order valence-corrected chi connectivity index (χ4v) is 3.90. The lowest BCUT2D eigenvalue weighted by Crippen LogP contribution is -2.52. The fourth-order valence-electron chi connectivity index (χ4n) is 2.62. The van der Waals surface area contributed by atoms with E-state index < -0.39 is 5.60 Å². The van der Waals surface area contributed by atoms with Crippen molar-refractivity contribution in [1.29, 1.82) is 0 Å². The van der Waals surface area contributed by atoms with Crippen molar-refractivity contribution in [2.75, 3.05) is 12.3 Å². The molecule has 1 saturated carbocycles. The van der Waals surface area contributed by atoms with Gasteiger partial charge in [-0.3, -0.25) is 0 Å². The van der Waals surface area contributed by atoms with Gasteiger partial charge < -0.3 is 15.4 Å². The summed E-state index contributed by atoms with van der Waals surface area (Å²) in [5.74, 6) is 1.21. The molecule has 18 heavy (non-hydrogen) atoms. The van der Waals surface area contributed by atoms with E-state index in [9.17, 15) is 4.79 Å². The molecule has 2 fully saturated rings. The molecule has 0 bridgehead atoms. The summed E-state index contributed by atoms with van der Waals surface area (Å²) in [5.41, 5.74) is -0.416. The molecule has 2 aliphatic rings. The minimum Gasteiger partial charge on any atom is -0.444 e. The van der Waals surface area contributed by atoms with Gasteiger partial charge in [0, 0.05) is 29.6 Å². The van der Waals surface area contributed by atoms with E-state index in [1.165, 1.54) is 12.2 Å². The zero-order valence-electron chi connectivity index (χ0n) is 11.5. The molecule has 1 aliphatic heterocycles. The van der Waals surface area contributed by atoms with Gasteiger partial charge in [-0.25, -0.2) is 4.79 Å². The van der Waals surface area contributed by atoms with Crippen molar-refractivity contribution in [2.45, 2.75) is 63.0 Å². The Hall–Kier alpha value is -0.420. The van der Waals surface area contributed by atoms with Crippen LogP contribution in [0.3, 0.4) is 0 Å². The Morgan fingerprint density at radius 1 is 1.39 bits per heavy atom. The van der Waals surface area contributed by atoms with E-state index in [0.29, 0.717) is 6.04 Å². The Labute approximate surface area is 114 Å². The van der Waals surface area contributed by atoms with E-state index in [1.54, 1.807) is 0 Å². The van der Waals surface area contributed by atoms with Gasteiger partial charge in [-0.2, -0.15) is 11.8 Å². The van der Waals surface area contributed by atoms with Gasteiger partial charge in [-0.05, 0) is 40.0 Å². The van der Waals surface area contributed by atoms with Crippen molar-refractivity contribution < 1.29 is 9.53 Å². The monoisotopic (exact) mass is 272 g/mol. The topological polar surface area (TPSA) is 50.4 Å². The molecule has 1 saturated heterocycles. The number of ether oxygens (including phenoxy) is 1. The molecule has 0 aromatic rings. The molecule has 0 spiro atoms. The number of rotatable bonds is 1. The van der Waals surface area contributed by atoms with Crippen LogP contribution >= 0.6 is 11.8 Å². The van der Waals surface area contributed by atoms with Gasteiger partial charge >= 0.3 is 6.09 Å². The summed E-state index contributed by atoms with van der Waals surface area (Å²) in [6.07, 6.45) is 2.99. The van der Waals surface area contributed by atoms with E-state index in [-0.39, 0.29) is 12.1 Å². The standard InChI is InChI=1S/C13H24N2O2S/c1-13(2,3)17-12(16)15-9-4-5-11-10(8-9)14-6-7-18-11/h9-11,14H,4-8H2,1-3H3,(H,15,16). The number of amides is 1. The molecule has 0 aromatic heterocycles. The van der Waals surface area contributed by atoms with Gasteiger partial charge in [-0.15, -0.1) is 0 Å². The number of carbonyl (C=O) groups is 1. The van der Waals surface area contributed by atoms with Crippen molar-refractivity contribution in [3.05, 3.63) is 0 Å². The number of hydrogen-bond acceptors (Lipinski definition) is 4. The average molecular weight is 272 g/mol. The van der Waals surface area contributed by atoms with Crippen LogP contribution in [0.5, 0.6) is 0 Å². The van der Waals surface area contributed by atoms with Gasteiger partial charge in [-0.1, -0.05) is 0 Å². The summed E-state index contributed by atoms with van der Waals surface area (Å²) >= 11 is 2.07. The lowest BCUT2D eigenvalue weighted by atomic mass is 9.90. The molecule has 5 heteroatoms. The van der Waals surface area contributed by atoms with Gasteiger partial charge in [0.1, 0.15) is 5.60 Å². The third-order valence-electron chi connectivity index (χ3n) is 3.35. The molecule has 2 rings (SSSR count). The normalized spacial score (nSPS) is 32.5. The maximum atomic E-state index is 11.7. The minimum absolute atomic E-state index is 0.257. The summed E-state index contributed by atoms with van der Waals surface area (Å²) in [7, 11) is 0. The van der Waals surface area contributed by atoms with Crippen LogP contribution in [0.15, 0.2) is 0 Å². The SMILES string of the molecule is CC(C)(C)OC(=O)NC1CCC2SCCNC2C1. The quantitative estimate of drug-likeness (QED) is 0.768. The van der Waals surface area contributed by atoms with E-state index in [0.717, 1.165) is 24.6 Å². The number of carbonyl (C=O) groups excluding carboxylic acids is 1. The lowest BCUT2D eigenvalue weighted by Gasteiger charge is -2.39. The van der Waals surface area contributed by atoms with Crippen LogP contribution in [0.1, 0.15) is 40.0 Å².